The summed E-state index contributed by atoms with van der Waals surface area (Å²) in [4.78, 5) is 41.3. The van der Waals surface area contributed by atoms with Crippen LogP contribution in [0.3, 0.4) is 0 Å². The average Bonchev–Trinajstić information content (AvgIpc) is 3.14. The van der Waals surface area contributed by atoms with Gasteiger partial charge < -0.3 is 5.32 Å². The summed E-state index contributed by atoms with van der Waals surface area (Å²) in [6.07, 6.45) is -0.0571. The maximum atomic E-state index is 12.5. The van der Waals surface area contributed by atoms with E-state index in [1.165, 1.54) is 18.3 Å². The van der Waals surface area contributed by atoms with E-state index in [-0.39, 0.29) is 12.3 Å². The highest BCUT2D eigenvalue weighted by atomic mass is 35.5. The Morgan fingerprint density at radius 2 is 1.71 bits per heavy atom. The van der Waals surface area contributed by atoms with Crippen LogP contribution in [0.5, 0.6) is 0 Å². The molecule has 7 nitrogen and oxygen atoms in total. The molecule has 0 radical (unpaired) electrons. The predicted molar refractivity (Wildman–Crippen MR) is 121 cm³/mol. The fourth-order valence-corrected chi connectivity index (χ4v) is 4.02. The molecule has 9 heteroatoms. The Morgan fingerprint density at radius 1 is 1.03 bits per heavy atom. The van der Waals surface area contributed by atoms with Crippen molar-refractivity contribution >= 4 is 40.7 Å². The lowest BCUT2D eigenvalue weighted by Gasteiger charge is -2.18. The summed E-state index contributed by atoms with van der Waals surface area (Å²) >= 11 is 7.15. The van der Waals surface area contributed by atoms with Crippen molar-refractivity contribution in [2.75, 3.05) is 0 Å². The molecule has 0 fully saturated rings. The Kier molecular flexibility index (Phi) is 7.38. The summed E-state index contributed by atoms with van der Waals surface area (Å²) < 4.78 is 0. The highest BCUT2D eigenvalue weighted by Gasteiger charge is 2.20. The molecule has 2 aromatic carbocycles. The Balaban J connectivity index is 1.63. The lowest BCUT2D eigenvalue weighted by Crippen LogP contribution is -2.43. The SMILES string of the molecule is CC(=O)NC(CC(=O)NNC(=O)c1sc(-c2ccccc2)nc1C)c1ccc(Cl)cc1. The quantitative estimate of drug-likeness (QED) is 0.491. The van der Waals surface area contributed by atoms with Crippen molar-refractivity contribution in [3.63, 3.8) is 0 Å². The number of aromatic nitrogens is 1. The first-order chi connectivity index (χ1) is 14.8. The summed E-state index contributed by atoms with van der Waals surface area (Å²) in [5.74, 6) is -1.17. The molecule has 1 heterocycles. The van der Waals surface area contributed by atoms with Crippen LogP contribution in [-0.2, 0) is 9.59 Å². The molecule has 3 N–H and O–H groups in total. The molecule has 160 valence electrons. The van der Waals surface area contributed by atoms with E-state index in [1.54, 1.807) is 31.2 Å². The minimum atomic E-state index is -0.554. The van der Waals surface area contributed by atoms with Gasteiger partial charge >= 0.3 is 0 Å². The maximum Gasteiger partial charge on any atom is 0.281 e. The van der Waals surface area contributed by atoms with Gasteiger partial charge in [-0.15, -0.1) is 11.3 Å². The van der Waals surface area contributed by atoms with Crippen LogP contribution in [0.4, 0.5) is 0 Å². The molecule has 0 saturated heterocycles. The van der Waals surface area contributed by atoms with E-state index in [2.05, 4.69) is 21.2 Å². The van der Waals surface area contributed by atoms with Gasteiger partial charge in [-0.3, -0.25) is 25.2 Å². The van der Waals surface area contributed by atoms with E-state index in [4.69, 9.17) is 11.6 Å². The number of amides is 3. The molecule has 31 heavy (non-hydrogen) atoms. The van der Waals surface area contributed by atoms with Gasteiger partial charge in [-0.25, -0.2) is 4.98 Å². The minimum absolute atomic E-state index is 0.0571. The number of carbonyl (C=O) groups excluding carboxylic acids is 3. The topological polar surface area (TPSA) is 100 Å². The molecule has 0 saturated carbocycles. The number of hydrogen-bond acceptors (Lipinski definition) is 5. The van der Waals surface area contributed by atoms with Crippen molar-refractivity contribution in [1.29, 1.82) is 0 Å². The monoisotopic (exact) mass is 456 g/mol. The van der Waals surface area contributed by atoms with Gasteiger partial charge in [-0.05, 0) is 24.6 Å². The summed E-state index contributed by atoms with van der Waals surface area (Å²) in [5.41, 5.74) is 7.05. The fraction of sp³-hybridized carbons (Fsp3) is 0.182. The molecule has 0 aliphatic carbocycles. The van der Waals surface area contributed by atoms with Crippen molar-refractivity contribution < 1.29 is 14.4 Å². The van der Waals surface area contributed by atoms with Crippen molar-refractivity contribution in [2.24, 2.45) is 0 Å². The molecule has 0 aliphatic rings. The molecular weight excluding hydrogens is 436 g/mol. The molecule has 1 aromatic heterocycles. The largest absolute Gasteiger partial charge is 0.349 e. The Bertz CT molecular complexity index is 1080. The number of halogens is 1. The lowest BCUT2D eigenvalue weighted by atomic mass is 10.0. The van der Waals surface area contributed by atoms with E-state index in [9.17, 15) is 14.4 Å². The number of aryl methyl sites for hydroxylation is 1. The number of nitrogens with one attached hydrogen (secondary N) is 3. The van der Waals surface area contributed by atoms with Gasteiger partial charge in [0.15, 0.2) is 0 Å². The highest BCUT2D eigenvalue weighted by molar-refractivity contribution is 7.17. The van der Waals surface area contributed by atoms with Crippen LogP contribution in [0.15, 0.2) is 54.6 Å². The number of benzene rings is 2. The van der Waals surface area contributed by atoms with E-state index in [0.29, 0.717) is 15.6 Å². The van der Waals surface area contributed by atoms with E-state index >= 15 is 0 Å². The van der Waals surface area contributed by atoms with Gasteiger partial charge in [-0.2, -0.15) is 0 Å². The zero-order valence-corrected chi connectivity index (χ0v) is 18.5. The van der Waals surface area contributed by atoms with Gasteiger partial charge in [0.2, 0.25) is 11.8 Å². The first-order valence-electron chi connectivity index (χ1n) is 9.48. The zero-order chi connectivity index (χ0) is 22.4. The molecule has 0 bridgehead atoms. The van der Waals surface area contributed by atoms with Crippen molar-refractivity contribution in [3.8, 4) is 10.6 Å². The summed E-state index contributed by atoms with van der Waals surface area (Å²) in [6.45, 7) is 3.12. The Labute approximate surface area is 188 Å². The number of nitrogens with zero attached hydrogens (tertiary/aromatic N) is 1. The standard InChI is InChI=1S/C22H21ClN4O3S/c1-13-20(31-22(24-13)16-6-4-3-5-7-16)21(30)27-26-19(29)12-18(25-14(2)28)15-8-10-17(23)11-9-15/h3-11,18H,12H2,1-2H3,(H,25,28)(H,26,29)(H,27,30). The third-order valence-corrected chi connectivity index (χ3v) is 5.84. The Hall–Kier alpha value is -3.23. The zero-order valence-electron chi connectivity index (χ0n) is 16.9. The van der Waals surface area contributed by atoms with E-state index in [1.807, 2.05) is 30.3 Å². The summed E-state index contributed by atoms with van der Waals surface area (Å²) in [5, 5.41) is 4.01. The van der Waals surface area contributed by atoms with Gasteiger partial charge in [0.1, 0.15) is 9.88 Å². The Morgan fingerprint density at radius 3 is 2.35 bits per heavy atom. The number of thiazole rings is 1. The van der Waals surface area contributed by atoms with Crippen LogP contribution in [0, 0.1) is 6.92 Å². The summed E-state index contributed by atoms with van der Waals surface area (Å²) in [6, 6.07) is 15.8. The molecule has 3 amide bonds. The predicted octanol–water partition coefficient (Wildman–Crippen LogP) is 3.80. The first-order valence-corrected chi connectivity index (χ1v) is 10.7. The molecule has 1 unspecified atom stereocenters. The number of carbonyl (C=O) groups is 3. The van der Waals surface area contributed by atoms with Crippen LogP contribution in [0.1, 0.15) is 40.3 Å². The second-order valence-corrected chi connectivity index (χ2v) is 8.25. The molecular formula is C22H21ClN4O3S. The van der Waals surface area contributed by atoms with Crippen LogP contribution in [-0.4, -0.2) is 22.7 Å². The molecule has 0 aliphatic heterocycles. The molecule has 3 aromatic rings. The first kappa shape index (κ1) is 22.5. The highest BCUT2D eigenvalue weighted by Crippen LogP contribution is 2.27. The number of hydrazine groups is 1. The van der Waals surface area contributed by atoms with Gasteiger partial charge in [0.05, 0.1) is 18.2 Å². The van der Waals surface area contributed by atoms with Gasteiger partial charge in [0, 0.05) is 17.5 Å². The maximum absolute atomic E-state index is 12.5. The van der Waals surface area contributed by atoms with E-state index in [0.717, 1.165) is 16.1 Å². The third kappa shape index (κ3) is 6.13. The van der Waals surface area contributed by atoms with Crippen molar-refractivity contribution in [2.45, 2.75) is 26.3 Å². The van der Waals surface area contributed by atoms with Crippen molar-refractivity contribution in [1.82, 2.24) is 21.2 Å². The molecule has 3 rings (SSSR count). The van der Waals surface area contributed by atoms with Crippen LogP contribution in [0.25, 0.3) is 10.6 Å². The number of hydrogen-bond donors (Lipinski definition) is 3. The fourth-order valence-electron chi connectivity index (χ4n) is 2.92. The normalized spacial score (nSPS) is 11.5. The molecule has 0 spiro atoms. The second kappa shape index (κ2) is 10.2. The second-order valence-electron chi connectivity index (χ2n) is 6.81. The third-order valence-electron chi connectivity index (χ3n) is 4.38. The smallest absolute Gasteiger partial charge is 0.281 e. The summed E-state index contributed by atoms with van der Waals surface area (Å²) in [7, 11) is 0. The van der Waals surface area contributed by atoms with Crippen LogP contribution < -0.4 is 16.2 Å². The minimum Gasteiger partial charge on any atom is -0.349 e. The van der Waals surface area contributed by atoms with Gasteiger partial charge in [0.25, 0.3) is 5.91 Å². The average molecular weight is 457 g/mol. The van der Waals surface area contributed by atoms with Crippen molar-refractivity contribution in [3.05, 3.63) is 75.8 Å². The van der Waals surface area contributed by atoms with E-state index < -0.39 is 17.9 Å². The van der Waals surface area contributed by atoms with Crippen LogP contribution in [0.2, 0.25) is 5.02 Å². The lowest BCUT2D eigenvalue weighted by molar-refractivity contribution is -0.123. The number of rotatable bonds is 6. The molecule has 1 atom stereocenters. The van der Waals surface area contributed by atoms with Crippen LogP contribution >= 0.6 is 22.9 Å². The van der Waals surface area contributed by atoms with Gasteiger partial charge in [-0.1, -0.05) is 54.1 Å².